The van der Waals surface area contributed by atoms with Gasteiger partial charge in [-0.05, 0) is 24.3 Å². The highest BCUT2D eigenvalue weighted by molar-refractivity contribution is 8.00. The van der Waals surface area contributed by atoms with Crippen molar-refractivity contribution in [1.29, 1.82) is 0 Å². The van der Waals surface area contributed by atoms with Crippen molar-refractivity contribution in [3.05, 3.63) is 23.2 Å². The highest BCUT2D eigenvalue weighted by Gasteiger charge is 2.24. The fraction of sp³-hybridized carbons (Fsp3) is 0.364. The zero-order valence-electron chi connectivity index (χ0n) is 10.5. The lowest BCUT2D eigenvalue weighted by Gasteiger charge is -2.11. The van der Waals surface area contributed by atoms with Gasteiger partial charge in [-0.25, -0.2) is 17.9 Å². The van der Waals surface area contributed by atoms with Gasteiger partial charge < -0.3 is 4.74 Å². The number of benzene rings is 1. The minimum absolute atomic E-state index is 0.0671. The molecule has 0 spiro atoms. The third-order valence-corrected chi connectivity index (χ3v) is 5.30. The van der Waals surface area contributed by atoms with Crippen molar-refractivity contribution < 1.29 is 17.9 Å². The van der Waals surface area contributed by atoms with E-state index in [2.05, 4.69) is 4.74 Å². The highest BCUT2D eigenvalue weighted by Crippen LogP contribution is 2.32. The highest BCUT2D eigenvalue weighted by atomic mass is 35.5. The van der Waals surface area contributed by atoms with E-state index in [1.54, 1.807) is 16.9 Å². The van der Waals surface area contributed by atoms with Crippen LogP contribution in [0.2, 0.25) is 5.02 Å². The zero-order chi connectivity index (χ0) is 14.5. The maximum atomic E-state index is 12.1. The Morgan fingerprint density at radius 2 is 2.16 bits per heavy atom. The van der Waals surface area contributed by atoms with Crippen LogP contribution in [-0.2, 0) is 14.8 Å². The molecule has 1 aromatic rings. The smallest absolute Gasteiger partial charge is 0.420 e. The van der Waals surface area contributed by atoms with E-state index in [1.807, 2.05) is 6.92 Å². The van der Waals surface area contributed by atoms with Crippen LogP contribution < -0.4 is 4.72 Å². The third-order valence-electron chi connectivity index (χ3n) is 2.06. The van der Waals surface area contributed by atoms with Gasteiger partial charge in [-0.1, -0.05) is 24.6 Å². The van der Waals surface area contributed by atoms with Crippen LogP contribution in [0.25, 0.3) is 0 Å². The lowest BCUT2D eigenvalue weighted by molar-refractivity contribution is 0.177. The van der Waals surface area contributed by atoms with Crippen LogP contribution in [0, 0.1) is 0 Å². The molecular formula is C11H14ClNO4S2. The monoisotopic (exact) mass is 323 g/mol. The van der Waals surface area contributed by atoms with Crippen molar-refractivity contribution >= 4 is 39.5 Å². The summed E-state index contributed by atoms with van der Waals surface area (Å²) in [6, 6.07) is 4.78. The molecule has 1 aromatic carbocycles. The number of nitrogens with one attached hydrogen (secondary N) is 1. The summed E-state index contributed by atoms with van der Waals surface area (Å²) < 4.78 is 30.3. The summed E-state index contributed by atoms with van der Waals surface area (Å²) in [6.45, 7) is 1.98. The molecule has 1 N–H and O–H groups in total. The molecule has 0 aliphatic heterocycles. The summed E-state index contributed by atoms with van der Waals surface area (Å²) in [5, 5.41) is 0.0671. The maximum absolute atomic E-state index is 12.1. The van der Waals surface area contributed by atoms with E-state index in [9.17, 15) is 13.2 Å². The molecule has 0 fully saturated rings. The molecule has 0 unspecified atom stereocenters. The molecule has 0 aliphatic carbocycles. The topological polar surface area (TPSA) is 72.5 Å². The van der Waals surface area contributed by atoms with Crippen LogP contribution in [-0.4, -0.2) is 27.4 Å². The minimum atomic E-state index is -4.04. The number of hydrogen-bond donors (Lipinski definition) is 1. The normalized spacial score (nSPS) is 11.1. The van der Waals surface area contributed by atoms with Crippen LogP contribution in [0.4, 0.5) is 4.79 Å². The average molecular weight is 324 g/mol. The van der Waals surface area contributed by atoms with E-state index in [0.717, 1.165) is 19.3 Å². The Morgan fingerprint density at radius 1 is 1.47 bits per heavy atom. The molecule has 5 nitrogen and oxygen atoms in total. The van der Waals surface area contributed by atoms with Gasteiger partial charge in [-0.15, -0.1) is 11.8 Å². The Bertz CT molecular complexity index is 560. The average Bonchev–Trinajstić information content (AvgIpc) is 2.35. The van der Waals surface area contributed by atoms with Gasteiger partial charge in [0.15, 0.2) is 0 Å². The van der Waals surface area contributed by atoms with Crippen molar-refractivity contribution in [1.82, 2.24) is 4.72 Å². The first kappa shape index (κ1) is 16.1. The summed E-state index contributed by atoms with van der Waals surface area (Å²) >= 11 is 7.30. The Hall–Kier alpha value is -0.920. The lowest BCUT2D eigenvalue weighted by atomic mass is 10.4. The van der Waals surface area contributed by atoms with Crippen molar-refractivity contribution in [3.8, 4) is 0 Å². The molecule has 0 bridgehead atoms. The predicted octanol–water partition coefficient (Wildman–Crippen LogP) is 2.89. The second-order valence-electron chi connectivity index (χ2n) is 3.51. The van der Waals surface area contributed by atoms with Gasteiger partial charge in [0.2, 0.25) is 0 Å². The zero-order valence-corrected chi connectivity index (χ0v) is 12.9. The van der Waals surface area contributed by atoms with Crippen molar-refractivity contribution in [2.75, 3.05) is 12.9 Å². The number of hydrogen-bond acceptors (Lipinski definition) is 5. The molecule has 0 radical (unpaired) electrons. The van der Waals surface area contributed by atoms with E-state index in [-0.39, 0.29) is 9.92 Å². The first-order valence-corrected chi connectivity index (χ1v) is 8.29. The van der Waals surface area contributed by atoms with Crippen molar-refractivity contribution in [2.45, 2.75) is 23.1 Å². The largest absolute Gasteiger partial charge is 0.452 e. The molecule has 0 aliphatic rings. The van der Waals surface area contributed by atoms with Gasteiger partial charge in [0, 0.05) is 4.90 Å². The number of amides is 1. The molecular weight excluding hydrogens is 310 g/mol. The molecule has 0 saturated heterocycles. The second kappa shape index (κ2) is 7.02. The van der Waals surface area contributed by atoms with Crippen molar-refractivity contribution in [2.24, 2.45) is 0 Å². The molecule has 8 heteroatoms. The lowest BCUT2D eigenvalue weighted by Crippen LogP contribution is -2.30. The quantitative estimate of drug-likeness (QED) is 0.843. The summed E-state index contributed by atoms with van der Waals surface area (Å²) in [6.07, 6.45) is -0.160. The van der Waals surface area contributed by atoms with Crippen LogP contribution in [0.1, 0.15) is 13.3 Å². The fourth-order valence-electron chi connectivity index (χ4n) is 1.28. The van der Waals surface area contributed by atoms with Crippen LogP contribution >= 0.6 is 23.4 Å². The Labute approximate surface area is 121 Å². The standard InChI is InChI=1S/C11H14ClNO4S2/c1-3-7-18-9-6-4-5-8(12)10(9)19(15,16)13-11(14)17-2/h4-6H,3,7H2,1-2H3,(H,13,14). The van der Waals surface area contributed by atoms with Crippen LogP contribution in [0.3, 0.4) is 0 Å². The van der Waals surface area contributed by atoms with E-state index < -0.39 is 16.1 Å². The van der Waals surface area contributed by atoms with E-state index in [4.69, 9.17) is 11.6 Å². The molecule has 1 rings (SSSR count). The van der Waals surface area contributed by atoms with Gasteiger partial charge in [0.05, 0.1) is 12.1 Å². The number of carbonyl (C=O) groups excluding carboxylic acids is 1. The van der Waals surface area contributed by atoms with Gasteiger partial charge >= 0.3 is 6.09 Å². The summed E-state index contributed by atoms with van der Waals surface area (Å²) in [5.74, 6) is 0.751. The molecule has 19 heavy (non-hydrogen) atoms. The number of rotatable bonds is 5. The van der Waals surface area contributed by atoms with Gasteiger partial charge in [-0.3, -0.25) is 0 Å². The Morgan fingerprint density at radius 3 is 2.74 bits per heavy atom. The molecule has 106 valence electrons. The van der Waals surface area contributed by atoms with Crippen LogP contribution in [0.15, 0.2) is 28.0 Å². The Balaban J connectivity index is 3.20. The molecule has 0 atom stereocenters. The first-order chi connectivity index (χ1) is 8.92. The number of carbonyl (C=O) groups is 1. The number of ether oxygens (including phenoxy) is 1. The van der Waals surface area contributed by atoms with E-state index >= 15 is 0 Å². The number of sulfonamides is 1. The van der Waals surface area contributed by atoms with Gasteiger partial charge in [0.1, 0.15) is 4.90 Å². The predicted molar refractivity (Wildman–Crippen MR) is 75.2 cm³/mol. The fourth-order valence-corrected chi connectivity index (χ4v) is 4.22. The SMILES string of the molecule is CCCSc1cccc(Cl)c1S(=O)(=O)NC(=O)OC. The maximum Gasteiger partial charge on any atom is 0.420 e. The van der Waals surface area contributed by atoms with E-state index in [1.165, 1.54) is 17.8 Å². The summed E-state index contributed by atoms with van der Waals surface area (Å²) in [5.41, 5.74) is 0. The first-order valence-electron chi connectivity index (χ1n) is 5.44. The van der Waals surface area contributed by atoms with Crippen molar-refractivity contribution in [3.63, 3.8) is 0 Å². The number of methoxy groups -OCH3 is 1. The molecule has 1 amide bonds. The van der Waals surface area contributed by atoms with Gasteiger partial charge in [0.25, 0.3) is 10.0 Å². The van der Waals surface area contributed by atoms with Crippen LogP contribution in [0.5, 0.6) is 0 Å². The minimum Gasteiger partial charge on any atom is -0.452 e. The second-order valence-corrected chi connectivity index (χ2v) is 6.68. The summed E-state index contributed by atoms with van der Waals surface area (Å²) in [4.78, 5) is 11.5. The number of thioether (sulfide) groups is 1. The number of halogens is 1. The Kier molecular flexibility index (Phi) is 5.96. The summed E-state index contributed by atoms with van der Waals surface area (Å²) in [7, 11) is -2.95. The molecule has 0 saturated carbocycles. The third kappa shape index (κ3) is 4.29. The molecule has 0 heterocycles. The molecule has 0 aromatic heterocycles. The van der Waals surface area contributed by atoms with E-state index in [0.29, 0.717) is 4.90 Å². The van der Waals surface area contributed by atoms with Gasteiger partial charge in [-0.2, -0.15) is 0 Å².